The number of benzene rings is 2. The maximum absolute atomic E-state index is 10.8. The van der Waals surface area contributed by atoms with Gasteiger partial charge in [0, 0.05) is 24.7 Å². The van der Waals surface area contributed by atoms with E-state index in [1.54, 1.807) is 19.2 Å². The molecule has 1 aliphatic rings. The molecule has 0 radical (unpaired) electrons. The Kier molecular flexibility index (Phi) is 6.84. The maximum Gasteiger partial charge on any atom is 0.269 e. The molecule has 0 aliphatic heterocycles. The van der Waals surface area contributed by atoms with Gasteiger partial charge in [-0.3, -0.25) is 10.1 Å². The van der Waals surface area contributed by atoms with Gasteiger partial charge in [-0.2, -0.15) is 0 Å². The van der Waals surface area contributed by atoms with Gasteiger partial charge in [-0.05, 0) is 36.1 Å². The summed E-state index contributed by atoms with van der Waals surface area (Å²) in [5.41, 5.74) is 2.13. The van der Waals surface area contributed by atoms with Crippen molar-refractivity contribution >= 4 is 11.6 Å². The monoisotopic (exact) mass is 382 g/mol. The first-order chi connectivity index (χ1) is 13.6. The molecule has 1 aliphatic carbocycles. The number of hydrogen-bond donors (Lipinski definition) is 2. The molecule has 2 aromatic rings. The van der Waals surface area contributed by atoms with E-state index in [1.165, 1.54) is 25.0 Å². The van der Waals surface area contributed by atoms with Crippen molar-refractivity contribution in [2.45, 2.75) is 44.8 Å². The fourth-order valence-corrected chi connectivity index (χ4v) is 3.28. The Balaban J connectivity index is 1.65. The van der Waals surface area contributed by atoms with Gasteiger partial charge in [-0.15, -0.1) is 0 Å². The molecule has 1 fully saturated rings. The largest absolute Gasteiger partial charge is 0.497 e. The number of ether oxygens (including phenoxy) is 1. The van der Waals surface area contributed by atoms with Crippen molar-refractivity contribution in [3.63, 3.8) is 0 Å². The SMILES string of the molecule is COc1cccc(CN=C(NCc2ccc([N+](=O)[O-])cc2)NC2CCCC2)c1. The van der Waals surface area contributed by atoms with Crippen LogP contribution in [0.5, 0.6) is 5.75 Å². The van der Waals surface area contributed by atoms with Crippen LogP contribution in [0, 0.1) is 10.1 Å². The Morgan fingerprint density at radius 2 is 1.93 bits per heavy atom. The van der Waals surface area contributed by atoms with Gasteiger partial charge in [-0.25, -0.2) is 4.99 Å². The van der Waals surface area contributed by atoms with E-state index in [0.717, 1.165) is 35.7 Å². The second kappa shape index (κ2) is 9.73. The standard InChI is InChI=1S/C21H26N4O3/c1-28-20-8-4-5-17(13-20)15-23-21(24-18-6-2-3-7-18)22-14-16-9-11-19(12-10-16)25(26)27/h4-5,8-13,18H,2-3,6-7,14-15H2,1H3,(H2,22,23,24). The lowest BCUT2D eigenvalue weighted by Crippen LogP contribution is -2.42. The van der Waals surface area contributed by atoms with Gasteiger partial charge in [0.25, 0.3) is 5.69 Å². The predicted octanol–water partition coefficient (Wildman–Crippen LogP) is 3.78. The zero-order valence-corrected chi connectivity index (χ0v) is 16.1. The minimum Gasteiger partial charge on any atom is -0.497 e. The van der Waals surface area contributed by atoms with Crippen molar-refractivity contribution in [1.29, 1.82) is 0 Å². The summed E-state index contributed by atoms with van der Waals surface area (Å²) in [6.07, 6.45) is 4.78. The van der Waals surface area contributed by atoms with Crippen LogP contribution in [0.25, 0.3) is 0 Å². The third kappa shape index (κ3) is 5.70. The highest BCUT2D eigenvalue weighted by molar-refractivity contribution is 5.80. The molecular weight excluding hydrogens is 356 g/mol. The van der Waals surface area contributed by atoms with Gasteiger partial charge in [0.05, 0.1) is 18.6 Å². The van der Waals surface area contributed by atoms with Crippen molar-refractivity contribution in [3.8, 4) is 5.75 Å². The zero-order valence-electron chi connectivity index (χ0n) is 16.1. The smallest absolute Gasteiger partial charge is 0.269 e. The van der Waals surface area contributed by atoms with Crippen LogP contribution < -0.4 is 15.4 Å². The highest BCUT2D eigenvalue weighted by Gasteiger charge is 2.16. The van der Waals surface area contributed by atoms with Crippen LogP contribution in [-0.4, -0.2) is 24.0 Å². The molecule has 1 saturated carbocycles. The fraction of sp³-hybridized carbons (Fsp3) is 0.381. The predicted molar refractivity (Wildman–Crippen MR) is 109 cm³/mol. The number of non-ortho nitro benzene ring substituents is 1. The van der Waals surface area contributed by atoms with Crippen molar-refractivity contribution in [2.75, 3.05) is 7.11 Å². The molecule has 2 N–H and O–H groups in total. The summed E-state index contributed by atoms with van der Waals surface area (Å²) in [6.45, 7) is 1.09. The minimum atomic E-state index is -0.389. The number of nitro benzene ring substituents is 1. The summed E-state index contributed by atoms with van der Waals surface area (Å²) in [6, 6.07) is 14.9. The number of guanidine groups is 1. The molecule has 3 rings (SSSR count). The number of methoxy groups -OCH3 is 1. The highest BCUT2D eigenvalue weighted by atomic mass is 16.6. The summed E-state index contributed by atoms with van der Waals surface area (Å²) in [5, 5.41) is 17.7. The van der Waals surface area contributed by atoms with Gasteiger partial charge in [0.2, 0.25) is 0 Å². The summed E-state index contributed by atoms with van der Waals surface area (Å²) in [4.78, 5) is 15.1. The zero-order chi connectivity index (χ0) is 19.8. The van der Waals surface area contributed by atoms with E-state index in [4.69, 9.17) is 9.73 Å². The number of aliphatic imine (C=N–C) groups is 1. The van der Waals surface area contributed by atoms with E-state index in [2.05, 4.69) is 10.6 Å². The fourth-order valence-electron chi connectivity index (χ4n) is 3.28. The quantitative estimate of drug-likeness (QED) is 0.329. The lowest BCUT2D eigenvalue weighted by atomic mass is 10.2. The van der Waals surface area contributed by atoms with Crippen molar-refractivity contribution in [1.82, 2.24) is 10.6 Å². The van der Waals surface area contributed by atoms with Crippen LogP contribution in [0.4, 0.5) is 5.69 Å². The number of nitrogens with one attached hydrogen (secondary N) is 2. The van der Waals surface area contributed by atoms with Gasteiger partial charge in [0.1, 0.15) is 5.75 Å². The summed E-state index contributed by atoms with van der Waals surface area (Å²) >= 11 is 0. The first kappa shape index (κ1) is 19.7. The van der Waals surface area contributed by atoms with Crippen molar-refractivity contribution in [3.05, 3.63) is 69.8 Å². The van der Waals surface area contributed by atoms with Crippen LogP contribution >= 0.6 is 0 Å². The molecular formula is C21H26N4O3. The molecule has 28 heavy (non-hydrogen) atoms. The Hall–Kier alpha value is -3.09. The highest BCUT2D eigenvalue weighted by Crippen LogP contribution is 2.18. The summed E-state index contributed by atoms with van der Waals surface area (Å²) in [7, 11) is 1.65. The average molecular weight is 382 g/mol. The molecule has 2 aromatic carbocycles. The van der Waals surface area contributed by atoms with Crippen LogP contribution in [0.2, 0.25) is 0 Å². The molecule has 148 valence electrons. The van der Waals surface area contributed by atoms with Crippen LogP contribution in [-0.2, 0) is 13.1 Å². The van der Waals surface area contributed by atoms with E-state index in [-0.39, 0.29) is 10.6 Å². The Morgan fingerprint density at radius 3 is 2.61 bits per heavy atom. The minimum absolute atomic E-state index is 0.0970. The van der Waals surface area contributed by atoms with Gasteiger partial charge < -0.3 is 15.4 Å². The number of hydrogen-bond acceptors (Lipinski definition) is 4. The Labute approximate surface area is 165 Å². The first-order valence-electron chi connectivity index (χ1n) is 9.55. The molecule has 0 saturated heterocycles. The lowest BCUT2D eigenvalue weighted by Gasteiger charge is -2.17. The maximum atomic E-state index is 10.8. The van der Waals surface area contributed by atoms with E-state index in [9.17, 15) is 10.1 Å². The molecule has 0 amide bonds. The van der Waals surface area contributed by atoms with E-state index < -0.39 is 0 Å². The van der Waals surface area contributed by atoms with Crippen LogP contribution in [0.15, 0.2) is 53.5 Å². The average Bonchev–Trinajstić information content (AvgIpc) is 3.23. The molecule has 0 heterocycles. The number of rotatable bonds is 7. The molecule has 0 unspecified atom stereocenters. The van der Waals surface area contributed by atoms with Crippen molar-refractivity contribution in [2.24, 2.45) is 4.99 Å². The van der Waals surface area contributed by atoms with E-state index >= 15 is 0 Å². The van der Waals surface area contributed by atoms with E-state index in [0.29, 0.717) is 19.1 Å². The molecule has 0 bridgehead atoms. The molecule has 7 nitrogen and oxygen atoms in total. The van der Waals surface area contributed by atoms with Crippen LogP contribution in [0.3, 0.4) is 0 Å². The lowest BCUT2D eigenvalue weighted by molar-refractivity contribution is -0.384. The van der Waals surface area contributed by atoms with Crippen LogP contribution in [0.1, 0.15) is 36.8 Å². The molecule has 7 heteroatoms. The molecule has 0 spiro atoms. The Morgan fingerprint density at radius 1 is 1.18 bits per heavy atom. The van der Waals surface area contributed by atoms with Gasteiger partial charge in [-0.1, -0.05) is 37.1 Å². The normalized spacial score (nSPS) is 14.7. The topological polar surface area (TPSA) is 88.8 Å². The summed E-state index contributed by atoms with van der Waals surface area (Å²) < 4.78 is 5.27. The van der Waals surface area contributed by atoms with Gasteiger partial charge in [0.15, 0.2) is 5.96 Å². The third-order valence-electron chi connectivity index (χ3n) is 4.86. The first-order valence-corrected chi connectivity index (χ1v) is 9.55. The number of nitrogens with zero attached hydrogens (tertiary/aromatic N) is 2. The second-order valence-corrected chi connectivity index (χ2v) is 6.92. The van der Waals surface area contributed by atoms with Gasteiger partial charge >= 0.3 is 0 Å². The van der Waals surface area contributed by atoms with Crippen molar-refractivity contribution < 1.29 is 9.66 Å². The van der Waals surface area contributed by atoms with E-state index in [1.807, 2.05) is 24.3 Å². The molecule has 0 aromatic heterocycles. The molecule has 0 atom stereocenters. The summed E-state index contributed by atoms with van der Waals surface area (Å²) in [5.74, 6) is 1.57. The number of nitro groups is 1. The Bertz CT molecular complexity index is 815. The second-order valence-electron chi connectivity index (χ2n) is 6.92. The third-order valence-corrected chi connectivity index (χ3v) is 4.86.